The molecule has 0 aliphatic carbocycles. The number of esters is 2. The van der Waals surface area contributed by atoms with Crippen LogP contribution in [0.5, 0.6) is 0 Å². The van der Waals surface area contributed by atoms with Gasteiger partial charge in [-0.2, -0.15) is 0 Å². The zero-order valence-corrected chi connectivity index (χ0v) is 33.7. The first-order valence-corrected chi connectivity index (χ1v) is 22.1. The topological polar surface area (TPSA) is 140 Å². The molecule has 52 heavy (non-hydrogen) atoms. The minimum Gasteiger partial charge on any atom is -0.462 e. The summed E-state index contributed by atoms with van der Waals surface area (Å²) in [5.74, 6) is -0.974. The van der Waals surface area contributed by atoms with Crippen LogP contribution >= 0.6 is 7.82 Å². The van der Waals surface area contributed by atoms with Gasteiger partial charge in [0.1, 0.15) is 6.61 Å². The van der Waals surface area contributed by atoms with Crippen molar-refractivity contribution in [2.75, 3.05) is 13.2 Å². The van der Waals surface area contributed by atoms with Gasteiger partial charge in [-0.3, -0.25) is 14.1 Å². The highest BCUT2D eigenvalue weighted by molar-refractivity contribution is 7.46. The minimum atomic E-state index is -4.78. The van der Waals surface area contributed by atoms with E-state index in [-0.39, 0.29) is 25.6 Å². The highest BCUT2D eigenvalue weighted by Gasteiger charge is 2.22. The second-order valence-corrected chi connectivity index (χ2v) is 15.1. The number of carbonyl (C=O) groups excluding carboxylic acids is 2. The van der Waals surface area contributed by atoms with Gasteiger partial charge in [-0.25, -0.2) is 4.57 Å². The Morgan fingerprint density at radius 3 is 1.67 bits per heavy atom. The summed E-state index contributed by atoms with van der Waals surface area (Å²) >= 11 is 0. The molecule has 0 unspecified atom stereocenters. The molecule has 0 aromatic rings. The van der Waals surface area contributed by atoms with Crippen LogP contribution in [0.4, 0.5) is 0 Å². The van der Waals surface area contributed by atoms with Gasteiger partial charge in [-0.15, -0.1) is 0 Å². The Morgan fingerprint density at radius 1 is 0.596 bits per heavy atom. The van der Waals surface area contributed by atoms with Gasteiger partial charge in [0.2, 0.25) is 0 Å². The van der Waals surface area contributed by atoms with Crippen molar-refractivity contribution in [1.29, 1.82) is 0 Å². The average molecular weight is 755 g/mol. The fourth-order valence-corrected chi connectivity index (χ4v) is 5.95. The molecule has 9 nitrogen and oxygen atoms in total. The lowest BCUT2D eigenvalue weighted by molar-refractivity contribution is -0.161. The molecule has 0 radical (unpaired) electrons. The maximum Gasteiger partial charge on any atom is 0.469 e. The molecule has 0 bridgehead atoms. The van der Waals surface area contributed by atoms with Gasteiger partial charge < -0.3 is 24.4 Å². The predicted octanol–water partition coefficient (Wildman–Crippen LogP) is 11.3. The summed E-state index contributed by atoms with van der Waals surface area (Å²) in [6.07, 6.45) is 41.6. The van der Waals surface area contributed by atoms with Crippen LogP contribution in [-0.2, 0) is 28.2 Å². The zero-order chi connectivity index (χ0) is 38.4. The van der Waals surface area contributed by atoms with Gasteiger partial charge in [0.15, 0.2) is 6.10 Å². The van der Waals surface area contributed by atoms with Crippen molar-refractivity contribution in [1.82, 2.24) is 0 Å². The highest BCUT2D eigenvalue weighted by Crippen LogP contribution is 2.36. The molecule has 0 saturated carbocycles. The van der Waals surface area contributed by atoms with Crippen molar-refractivity contribution in [2.24, 2.45) is 0 Å². The van der Waals surface area contributed by atoms with Gasteiger partial charge >= 0.3 is 19.8 Å². The standard InChI is InChI=1S/C42H75O9P/c1-3-5-7-8-9-10-11-12-13-14-15-18-21-24-27-31-35-41(44)49-37-40(38-50-52(46,47)48)51-42(45)36-32-28-25-22-19-16-17-20-23-26-30-34-39(43)33-29-6-4-2/h16-17,22-23,25-26,30,34,39-40,43H,3-15,18-21,24,27-29,31-33,35-38H2,1-2H3,(H2,46,47,48)/b17-16-,25-22-,26-23-,34-30+/t39-,40+/m0/s1. The van der Waals surface area contributed by atoms with E-state index in [1.807, 2.05) is 36.5 Å². The largest absolute Gasteiger partial charge is 0.469 e. The van der Waals surface area contributed by atoms with Crippen molar-refractivity contribution >= 4 is 19.8 Å². The van der Waals surface area contributed by atoms with Crippen LogP contribution in [0.15, 0.2) is 48.6 Å². The second kappa shape index (κ2) is 37.3. The molecule has 0 fully saturated rings. The molecule has 0 aliphatic rings. The SMILES string of the molecule is CCCCCCCCCCCCCCCCCCC(=O)OC[C@H](COP(=O)(O)O)OC(=O)CCC/C=C\C/C=C\C/C=C\C=C\[C@@H](O)CCCCC. The third-order valence-corrected chi connectivity index (χ3v) is 9.19. The molecule has 2 atom stereocenters. The lowest BCUT2D eigenvalue weighted by Crippen LogP contribution is -2.29. The van der Waals surface area contributed by atoms with E-state index in [1.165, 1.54) is 83.5 Å². The Hall–Kier alpha value is -2.03. The number of allylic oxidation sites excluding steroid dienone is 7. The van der Waals surface area contributed by atoms with Crippen molar-refractivity contribution in [2.45, 2.75) is 193 Å². The summed E-state index contributed by atoms with van der Waals surface area (Å²) in [4.78, 5) is 42.8. The number of hydrogen-bond donors (Lipinski definition) is 3. The van der Waals surface area contributed by atoms with E-state index in [4.69, 9.17) is 19.3 Å². The highest BCUT2D eigenvalue weighted by atomic mass is 31.2. The van der Waals surface area contributed by atoms with E-state index in [0.717, 1.165) is 51.4 Å². The quantitative estimate of drug-likeness (QED) is 0.0186. The summed E-state index contributed by atoms with van der Waals surface area (Å²) in [5, 5.41) is 9.87. The summed E-state index contributed by atoms with van der Waals surface area (Å²) < 4.78 is 26.3. The Bertz CT molecular complexity index is 1000. The smallest absolute Gasteiger partial charge is 0.462 e. The van der Waals surface area contributed by atoms with Crippen LogP contribution in [0, 0.1) is 0 Å². The summed E-state index contributed by atoms with van der Waals surface area (Å²) in [6, 6.07) is 0. The lowest BCUT2D eigenvalue weighted by atomic mass is 10.0. The Labute approximate surface area is 317 Å². The summed E-state index contributed by atoms with van der Waals surface area (Å²) in [6.45, 7) is 3.52. The zero-order valence-electron chi connectivity index (χ0n) is 32.8. The average Bonchev–Trinajstić information content (AvgIpc) is 3.11. The third kappa shape index (κ3) is 39.2. The van der Waals surface area contributed by atoms with E-state index < -0.39 is 32.5 Å². The number of ether oxygens (including phenoxy) is 2. The van der Waals surface area contributed by atoms with Crippen LogP contribution in [0.3, 0.4) is 0 Å². The first-order valence-electron chi connectivity index (χ1n) is 20.5. The maximum absolute atomic E-state index is 12.4. The van der Waals surface area contributed by atoms with Gasteiger partial charge in [0.05, 0.1) is 12.7 Å². The summed E-state index contributed by atoms with van der Waals surface area (Å²) in [7, 11) is -4.78. The molecule has 0 spiro atoms. The Morgan fingerprint density at radius 2 is 1.10 bits per heavy atom. The molecule has 0 saturated heterocycles. The van der Waals surface area contributed by atoms with Gasteiger partial charge in [0, 0.05) is 12.8 Å². The molecule has 302 valence electrons. The Kier molecular flexibility index (Phi) is 35.8. The number of aliphatic hydroxyl groups is 1. The molecule has 0 rings (SSSR count). The molecule has 10 heteroatoms. The fourth-order valence-electron chi connectivity index (χ4n) is 5.59. The molecular formula is C42H75O9P. The van der Waals surface area contributed by atoms with Crippen LogP contribution < -0.4 is 0 Å². The molecular weight excluding hydrogens is 679 g/mol. The van der Waals surface area contributed by atoms with Crippen molar-refractivity contribution in [3.8, 4) is 0 Å². The number of phosphoric ester groups is 1. The minimum absolute atomic E-state index is 0.116. The predicted molar refractivity (Wildman–Crippen MR) is 213 cm³/mol. The normalized spacial score (nSPS) is 13.6. The number of aliphatic hydroxyl groups excluding tert-OH is 1. The molecule has 0 aliphatic heterocycles. The fraction of sp³-hybridized carbons (Fsp3) is 0.762. The van der Waals surface area contributed by atoms with E-state index in [2.05, 4.69) is 30.5 Å². The number of rotatable bonds is 37. The molecule has 3 N–H and O–H groups in total. The monoisotopic (exact) mass is 755 g/mol. The van der Waals surface area contributed by atoms with Gasteiger partial charge in [-0.05, 0) is 38.5 Å². The van der Waals surface area contributed by atoms with E-state index >= 15 is 0 Å². The van der Waals surface area contributed by atoms with Crippen molar-refractivity contribution < 1.29 is 43.0 Å². The van der Waals surface area contributed by atoms with Gasteiger partial charge in [0.25, 0.3) is 0 Å². The van der Waals surface area contributed by atoms with E-state index in [0.29, 0.717) is 19.3 Å². The first kappa shape index (κ1) is 50.0. The second-order valence-electron chi connectivity index (χ2n) is 13.8. The van der Waals surface area contributed by atoms with E-state index in [9.17, 15) is 19.3 Å². The van der Waals surface area contributed by atoms with Crippen LogP contribution in [-0.4, -0.2) is 52.3 Å². The third-order valence-electron chi connectivity index (χ3n) is 8.70. The Balaban J connectivity index is 4.06. The summed E-state index contributed by atoms with van der Waals surface area (Å²) in [5.41, 5.74) is 0. The van der Waals surface area contributed by atoms with Crippen molar-refractivity contribution in [3.05, 3.63) is 48.6 Å². The van der Waals surface area contributed by atoms with Crippen LogP contribution in [0.2, 0.25) is 0 Å². The first-order chi connectivity index (χ1) is 25.2. The van der Waals surface area contributed by atoms with Crippen LogP contribution in [0.1, 0.15) is 181 Å². The number of hydrogen-bond acceptors (Lipinski definition) is 7. The number of phosphoric acid groups is 1. The lowest BCUT2D eigenvalue weighted by Gasteiger charge is -2.18. The molecule has 0 aromatic carbocycles. The number of carbonyl (C=O) groups is 2. The van der Waals surface area contributed by atoms with Crippen molar-refractivity contribution in [3.63, 3.8) is 0 Å². The molecule has 0 heterocycles. The van der Waals surface area contributed by atoms with Gasteiger partial charge in [-0.1, -0.05) is 178 Å². The van der Waals surface area contributed by atoms with E-state index in [1.54, 1.807) is 0 Å². The molecule has 0 aromatic heterocycles. The molecule has 0 amide bonds. The number of unbranched alkanes of at least 4 members (excludes halogenated alkanes) is 18. The van der Waals surface area contributed by atoms with Crippen LogP contribution in [0.25, 0.3) is 0 Å². The maximum atomic E-state index is 12.4.